The van der Waals surface area contributed by atoms with Crippen LogP contribution in [0, 0.1) is 6.92 Å². The molecule has 1 aliphatic rings. The Labute approximate surface area is 130 Å². The van der Waals surface area contributed by atoms with Crippen molar-refractivity contribution < 1.29 is 14.3 Å². The largest absolute Gasteiger partial charge is 0.439 e. The monoisotopic (exact) mass is 313 g/mol. The number of hydrogen-bond donors (Lipinski definition) is 1. The van der Waals surface area contributed by atoms with Crippen molar-refractivity contribution >= 4 is 29.0 Å². The summed E-state index contributed by atoms with van der Waals surface area (Å²) in [5.41, 5.74) is 0.505. The summed E-state index contributed by atoms with van der Waals surface area (Å²) in [5, 5.41) is 1.81. The van der Waals surface area contributed by atoms with E-state index in [1.54, 1.807) is 13.0 Å². The van der Waals surface area contributed by atoms with Crippen LogP contribution in [0.5, 0.6) is 11.6 Å². The quantitative estimate of drug-likeness (QED) is 0.878. The maximum Gasteiger partial charge on any atom is 0.290 e. The summed E-state index contributed by atoms with van der Waals surface area (Å²) in [6, 6.07) is 10.8. The molecule has 0 atom stereocenters. The van der Waals surface area contributed by atoms with Crippen molar-refractivity contribution in [3.05, 3.63) is 52.8 Å². The van der Waals surface area contributed by atoms with Crippen molar-refractivity contribution in [2.75, 3.05) is 0 Å². The predicted octanol–water partition coefficient (Wildman–Crippen LogP) is 2.90. The summed E-state index contributed by atoms with van der Waals surface area (Å²) in [5.74, 6) is 1.12. The fraction of sp³-hybridized carbons (Fsp3) is 0.0667. The van der Waals surface area contributed by atoms with Gasteiger partial charge in [0.2, 0.25) is 5.88 Å². The number of thioether (sulfide) groups is 1. The van der Waals surface area contributed by atoms with Gasteiger partial charge in [-0.05, 0) is 36.9 Å². The van der Waals surface area contributed by atoms with Crippen molar-refractivity contribution in [2.45, 2.75) is 6.92 Å². The number of hydrogen-bond acceptors (Lipinski definition) is 6. The molecule has 0 bridgehead atoms. The first-order valence-electron chi connectivity index (χ1n) is 6.43. The molecule has 3 rings (SSSR count). The van der Waals surface area contributed by atoms with Crippen molar-refractivity contribution in [1.29, 1.82) is 0 Å². The lowest BCUT2D eigenvalue weighted by molar-refractivity contribution is -0.115. The fourth-order valence-electron chi connectivity index (χ4n) is 1.85. The topological polar surface area (TPSA) is 81.2 Å². The van der Waals surface area contributed by atoms with Crippen LogP contribution in [-0.2, 0) is 4.79 Å². The number of para-hydroxylation sites is 1. The van der Waals surface area contributed by atoms with Crippen LogP contribution in [0.4, 0.5) is 4.79 Å². The summed E-state index contributed by atoms with van der Waals surface area (Å²) in [4.78, 5) is 31.4. The number of aromatic nitrogens is 2. The lowest BCUT2D eigenvalue weighted by Gasteiger charge is -2.06. The second kappa shape index (κ2) is 5.98. The van der Waals surface area contributed by atoms with E-state index in [0.717, 1.165) is 11.8 Å². The number of amides is 2. The van der Waals surface area contributed by atoms with Crippen LogP contribution < -0.4 is 10.1 Å². The molecule has 7 heteroatoms. The molecule has 2 amide bonds. The number of imide groups is 1. The minimum atomic E-state index is -0.420. The van der Waals surface area contributed by atoms with Crippen molar-refractivity contribution in [3.63, 3.8) is 0 Å². The predicted molar refractivity (Wildman–Crippen MR) is 82.4 cm³/mol. The van der Waals surface area contributed by atoms with Gasteiger partial charge in [-0.25, -0.2) is 4.98 Å². The first-order valence-corrected chi connectivity index (χ1v) is 7.25. The van der Waals surface area contributed by atoms with Gasteiger partial charge in [-0.3, -0.25) is 14.9 Å². The molecule has 110 valence electrons. The van der Waals surface area contributed by atoms with E-state index in [9.17, 15) is 9.59 Å². The molecule has 1 fully saturated rings. The van der Waals surface area contributed by atoms with Gasteiger partial charge in [-0.15, -0.1) is 0 Å². The Morgan fingerprint density at radius 2 is 1.95 bits per heavy atom. The number of aryl methyl sites for hydroxylation is 1. The van der Waals surface area contributed by atoms with Crippen molar-refractivity contribution in [3.8, 4) is 11.6 Å². The van der Waals surface area contributed by atoms with Gasteiger partial charge < -0.3 is 4.74 Å². The standard InChI is InChI=1S/C15H11N3O3S/c1-9-16-10(7-12-14(19)18-15(20)22-12)8-13(17-9)21-11-5-3-2-4-6-11/h2-8H,1H3,(H,18,19,20)/b12-7-. The lowest BCUT2D eigenvalue weighted by atomic mass is 10.3. The van der Waals surface area contributed by atoms with E-state index < -0.39 is 5.91 Å². The van der Waals surface area contributed by atoms with Gasteiger partial charge in [0.05, 0.1) is 10.6 Å². The molecule has 0 saturated carbocycles. The van der Waals surface area contributed by atoms with Gasteiger partial charge in [-0.1, -0.05) is 18.2 Å². The normalized spacial score (nSPS) is 16.0. The van der Waals surface area contributed by atoms with E-state index in [-0.39, 0.29) is 5.24 Å². The van der Waals surface area contributed by atoms with E-state index in [0.29, 0.717) is 28.1 Å². The zero-order valence-corrected chi connectivity index (χ0v) is 12.4. The SMILES string of the molecule is Cc1nc(/C=C2\SC(=O)NC2=O)cc(Oc2ccccc2)n1. The van der Waals surface area contributed by atoms with Crippen molar-refractivity contribution in [1.82, 2.24) is 15.3 Å². The summed E-state index contributed by atoms with van der Waals surface area (Å²) < 4.78 is 5.66. The number of ether oxygens (including phenoxy) is 1. The minimum absolute atomic E-state index is 0.300. The smallest absolute Gasteiger partial charge is 0.290 e. The Hall–Kier alpha value is -2.67. The number of carbonyl (C=O) groups excluding carboxylic acids is 2. The van der Waals surface area contributed by atoms with E-state index >= 15 is 0 Å². The minimum Gasteiger partial charge on any atom is -0.439 e. The molecule has 1 saturated heterocycles. The molecule has 1 aromatic carbocycles. The molecule has 1 aliphatic heterocycles. The van der Waals surface area contributed by atoms with Crippen LogP contribution >= 0.6 is 11.8 Å². The number of nitrogens with zero attached hydrogens (tertiary/aromatic N) is 2. The van der Waals surface area contributed by atoms with Crippen LogP contribution in [0.2, 0.25) is 0 Å². The highest BCUT2D eigenvalue weighted by molar-refractivity contribution is 8.18. The van der Waals surface area contributed by atoms with Crippen LogP contribution in [0.3, 0.4) is 0 Å². The third kappa shape index (κ3) is 3.32. The molecule has 2 aromatic rings. The summed E-state index contributed by atoms with van der Waals surface area (Å²) >= 11 is 0.844. The van der Waals surface area contributed by atoms with Gasteiger partial charge in [-0.2, -0.15) is 4.98 Å². The zero-order chi connectivity index (χ0) is 15.5. The highest BCUT2D eigenvalue weighted by Crippen LogP contribution is 2.26. The molecule has 1 aromatic heterocycles. The van der Waals surface area contributed by atoms with Gasteiger partial charge in [0.15, 0.2) is 0 Å². The molecule has 0 aliphatic carbocycles. The molecule has 0 radical (unpaired) electrons. The van der Waals surface area contributed by atoms with E-state index in [4.69, 9.17) is 4.74 Å². The third-order valence-corrected chi connectivity index (χ3v) is 3.53. The van der Waals surface area contributed by atoms with E-state index in [1.807, 2.05) is 30.3 Å². The fourth-order valence-corrected chi connectivity index (χ4v) is 2.52. The first kappa shape index (κ1) is 14.3. The molecular weight excluding hydrogens is 302 g/mol. The Bertz CT molecular complexity index is 775. The Kier molecular flexibility index (Phi) is 3.88. The summed E-state index contributed by atoms with van der Waals surface area (Å²) in [7, 11) is 0. The molecule has 22 heavy (non-hydrogen) atoms. The second-order valence-electron chi connectivity index (χ2n) is 4.45. The zero-order valence-electron chi connectivity index (χ0n) is 11.6. The van der Waals surface area contributed by atoms with E-state index in [2.05, 4.69) is 15.3 Å². The highest BCUT2D eigenvalue weighted by Gasteiger charge is 2.25. The number of rotatable bonds is 3. The Balaban J connectivity index is 1.89. The number of nitrogens with one attached hydrogen (secondary N) is 1. The van der Waals surface area contributed by atoms with Gasteiger partial charge in [0.1, 0.15) is 11.6 Å². The number of carbonyl (C=O) groups is 2. The van der Waals surface area contributed by atoms with Gasteiger partial charge in [0, 0.05) is 6.07 Å². The van der Waals surface area contributed by atoms with Gasteiger partial charge >= 0.3 is 0 Å². The second-order valence-corrected chi connectivity index (χ2v) is 5.46. The molecule has 0 unspecified atom stereocenters. The lowest BCUT2D eigenvalue weighted by Crippen LogP contribution is -2.17. The van der Waals surface area contributed by atoms with E-state index in [1.165, 1.54) is 6.08 Å². The number of benzene rings is 1. The molecule has 1 N–H and O–H groups in total. The van der Waals surface area contributed by atoms with Crippen LogP contribution in [0.1, 0.15) is 11.5 Å². The average Bonchev–Trinajstić information content (AvgIpc) is 2.77. The highest BCUT2D eigenvalue weighted by atomic mass is 32.2. The summed E-state index contributed by atoms with van der Waals surface area (Å²) in [6.45, 7) is 1.73. The first-order chi connectivity index (χ1) is 10.6. The molecule has 2 heterocycles. The Morgan fingerprint density at radius 1 is 1.18 bits per heavy atom. The molecule has 6 nitrogen and oxygen atoms in total. The van der Waals surface area contributed by atoms with Crippen LogP contribution in [0.25, 0.3) is 6.08 Å². The molecular formula is C15H11N3O3S. The van der Waals surface area contributed by atoms with Crippen LogP contribution in [-0.4, -0.2) is 21.1 Å². The summed E-state index contributed by atoms with van der Waals surface area (Å²) in [6.07, 6.45) is 1.54. The van der Waals surface area contributed by atoms with Crippen LogP contribution in [0.15, 0.2) is 41.3 Å². The Morgan fingerprint density at radius 3 is 2.64 bits per heavy atom. The third-order valence-electron chi connectivity index (χ3n) is 2.72. The van der Waals surface area contributed by atoms with Crippen molar-refractivity contribution in [2.24, 2.45) is 0 Å². The van der Waals surface area contributed by atoms with Gasteiger partial charge in [0.25, 0.3) is 11.1 Å². The maximum absolute atomic E-state index is 11.6. The maximum atomic E-state index is 11.6. The molecule has 0 spiro atoms. The average molecular weight is 313 g/mol.